The van der Waals surface area contributed by atoms with E-state index in [1.165, 1.54) is 18.1 Å². The molecule has 0 bridgehead atoms. The second-order valence-electron chi connectivity index (χ2n) is 7.85. The molecule has 5 nitrogen and oxygen atoms in total. The molecule has 0 aromatic heterocycles. The van der Waals surface area contributed by atoms with Crippen molar-refractivity contribution >= 4 is 23.2 Å². The number of aryl methyl sites for hydroxylation is 1. The van der Waals surface area contributed by atoms with Crippen molar-refractivity contribution in [3.8, 4) is 0 Å². The van der Waals surface area contributed by atoms with Crippen LogP contribution in [0, 0.1) is 5.92 Å². The zero-order valence-electron chi connectivity index (χ0n) is 18.1. The van der Waals surface area contributed by atoms with Crippen molar-refractivity contribution in [1.29, 1.82) is 0 Å². The van der Waals surface area contributed by atoms with Crippen LogP contribution in [0.15, 0.2) is 48.5 Å². The molecular weight excluding hydrogens is 362 g/mol. The van der Waals surface area contributed by atoms with E-state index in [2.05, 4.69) is 61.0 Å². The second-order valence-corrected chi connectivity index (χ2v) is 7.85. The van der Waals surface area contributed by atoms with Gasteiger partial charge in [-0.3, -0.25) is 14.9 Å². The van der Waals surface area contributed by atoms with E-state index in [4.69, 9.17) is 0 Å². The maximum absolute atomic E-state index is 12.7. The van der Waals surface area contributed by atoms with Crippen molar-refractivity contribution in [2.45, 2.75) is 59.5 Å². The maximum atomic E-state index is 12.7. The summed E-state index contributed by atoms with van der Waals surface area (Å²) in [4.78, 5) is 23.8. The summed E-state index contributed by atoms with van der Waals surface area (Å²) in [5.74, 6) is 0.131. The second kappa shape index (κ2) is 10.8. The minimum Gasteiger partial charge on any atom is -0.326 e. The summed E-state index contributed by atoms with van der Waals surface area (Å²) in [7, 11) is 0. The number of carbonyl (C=O) groups is 2. The Labute approximate surface area is 174 Å². The monoisotopic (exact) mass is 395 g/mol. The molecule has 5 heteroatoms. The first kappa shape index (κ1) is 22.6. The highest BCUT2D eigenvalue weighted by Gasteiger charge is 2.22. The number of nitrogens with one attached hydrogen (secondary N) is 3. The van der Waals surface area contributed by atoms with Crippen molar-refractivity contribution in [2.75, 3.05) is 10.6 Å². The Bertz CT molecular complexity index is 798. The van der Waals surface area contributed by atoms with E-state index < -0.39 is 0 Å². The number of hydrogen-bond acceptors (Lipinski definition) is 3. The number of rotatable bonds is 9. The van der Waals surface area contributed by atoms with Gasteiger partial charge in [0.25, 0.3) is 0 Å². The summed E-state index contributed by atoms with van der Waals surface area (Å²) in [5.41, 5.74) is 3.93. The van der Waals surface area contributed by atoms with Crippen LogP contribution < -0.4 is 16.0 Å². The fourth-order valence-electron chi connectivity index (χ4n) is 3.29. The van der Waals surface area contributed by atoms with Crippen molar-refractivity contribution in [2.24, 2.45) is 5.92 Å². The van der Waals surface area contributed by atoms with Gasteiger partial charge in [-0.1, -0.05) is 51.5 Å². The van der Waals surface area contributed by atoms with Crippen LogP contribution in [0.2, 0.25) is 0 Å². The lowest BCUT2D eigenvalue weighted by Crippen LogP contribution is -2.41. The Morgan fingerprint density at radius 1 is 0.862 bits per heavy atom. The van der Waals surface area contributed by atoms with Gasteiger partial charge in [0.05, 0.1) is 6.04 Å². The lowest BCUT2D eigenvalue weighted by Gasteiger charge is -2.27. The molecule has 0 aliphatic heterocycles. The molecule has 2 amide bonds. The third kappa shape index (κ3) is 7.02. The molecule has 2 aromatic rings. The summed E-state index contributed by atoms with van der Waals surface area (Å²) >= 11 is 0. The molecule has 29 heavy (non-hydrogen) atoms. The van der Waals surface area contributed by atoms with Gasteiger partial charge in [0.15, 0.2) is 0 Å². The average molecular weight is 396 g/mol. The number of anilines is 2. The van der Waals surface area contributed by atoms with E-state index in [1.54, 1.807) is 24.3 Å². The van der Waals surface area contributed by atoms with E-state index in [9.17, 15) is 9.59 Å². The van der Waals surface area contributed by atoms with Crippen LogP contribution in [-0.2, 0) is 16.0 Å². The zero-order valence-corrected chi connectivity index (χ0v) is 18.1. The van der Waals surface area contributed by atoms with Gasteiger partial charge in [-0.2, -0.15) is 0 Å². The number of hydrogen-bond donors (Lipinski definition) is 3. The van der Waals surface area contributed by atoms with Crippen LogP contribution in [0.5, 0.6) is 0 Å². The Balaban J connectivity index is 2.00. The lowest BCUT2D eigenvalue weighted by atomic mass is 9.94. The van der Waals surface area contributed by atoms with Crippen molar-refractivity contribution in [1.82, 2.24) is 5.32 Å². The minimum atomic E-state index is -0.354. The molecule has 0 radical (unpaired) electrons. The van der Waals surface area contributed by atoms with Crippen LogP contribution in [0.4, 0.5) is 11.4 Å². The van der Waals surface area contributed by atoms with Gasteiger partial charge >= 0.3 is 0 Å². The van der Waals surface area contributed by atoms with Crippen molar-refractivity contribution in [3.63, 3.8) is 0 Å². The topological polar surface area (TPSA) is 70.2 Å². The van der Waals surface area contributed by atoms with Gasteiger partial charge in [0.2, 0.25) is 11.8 Å². The average Bonchev–Trinajstić information content (AvgIpc) is 2.68. The maximum Gasteiger partial charge on any atom is 0.241 e. The van der Waals surface area contributed by atoms with Crippen LogP contribution in [-0.4, -0.2) is 17.9 Å². The highest BCUT2D eigenvalue weighted by atomic mass is 16.2. The highest BCUT2D eigenvalue weighted by Crippen LogP contribution is 2.23. The van der Waals surface area contributed by atoms with E-state index in [1.807, 2.05) is 6.92 Å². The molecule has 2 aromatic carbocycles. The molecule has 0 heterocycles. The number of benzene rings is 2. The van der Waals surface area contributed by atoms with Crippen LogP contribution >= 0.6 is 0 Å². The zero-order chi connectivity index (χ0) is 21.4. The number of carbonyl (C=O) groups excluding carboxylic acids is 2. The normalized spacial score (nSPS) is 13.0. The molecule has 0 fully saturated rings. The van der Waals surface area contributed by atoms with Crippen LogP contribution in [0.25, 0.3) is 0 Å². The van der Waals surface area contributed by atoms with E-state index >= 15 is 0 Å². The standard InChI is InChI=1S/C24H33N3O2/c1-6-7-19-8-10-20(11-9-19)23(16(2)3)25-17(4)24(29)27-22-14-12-21(13-15-22)26-18(5)28/h8-17,23,25H,6-7H2,1-5H3,(H,26,28)(H,27,29)/t17-,23-/m1/s1. The fourth-order valence-corrected chi connectivity index (χ4v) is 3.29. The Hall–Kier alpha value is -2.66. The molecule has 0 aliphatic rings. The lowest BCUT2D eigenvalue weighted by molar-refractivity contribution is -0.118. The molecule has 0 aliphatic carbocycles. The summed E-state index contributed by atoms with van der Waals surface area (Å²) in [5, 5.41) is 9.11. The summed E-state index contributed by atoms with van der Waals surface area (Å²) in [6.07, 6.45) is 2.22. The fraction of sp³-hybridized carbons (Fsp3) is 0.417. The van der Waals surface area contributed by atoms with Gasteiger partial charge in [-0.05, 0) is 54.7 Å². The van der Waals surface area contributed by atoms with Gasteiger partial charge in [-0.15, -0.1) is 0 Å². The predicted molar refractivity (Wildman–Crippen MR) is 120 cm³/mol. The molecule has 2 atom stereocenters. The van der Waals surface area contributed by atoms with E-state index in [-0.39, 0.29) is 23.9 Å². The predicted octanol–water partition coefficient (Wildman–Crippen LogP) is 4.91. The molecule has 2 rings (SSSR count). The number of amides is 2. The SMILES string of the molecule is CCCc1ccc([C@H](N[C@H](C)C(=O)Nc2ccc(NC(C)=O)cc2)C(C)C)cc1. The molecule has 0 unspecified atom stereocenters. The Morgan fingerprint density at radius 3 is 1.90 bits per heavy atom. The van der Waals surface area contributed by atoms with Gasteiger partial charge in [-0.25, -0.2) is 0 Å². The third-order valence-corrected chi connectivity index (χ3v) is 4.84. The van der Waals surface area contributed by atoms with Gasteiger partial charge in [0, 0.05) is 24.3 Å². The summed E-state index contributed by atoms with van der Waals surface area (Å²) in [6, 6.07) is 15.5. The minimum absolute atomic E-state index is 0.0913. The Morgan fingerprint density at radius 2 is 1.41 bits per heavy atom. The highest BCUT2D eigenvalue weighted by molar-refractivity contribution is 5.95. The van der Waals surface area contributed by atoms with Crippen molar-refractivity contribution in [3.05, 3.63) is 59.7 Å². The molecule has 3 N–H and O–H groups in total. The van der Waals surface area contributed by atoms with E-state index in [0.717, 1.165) is 12.8 Å². The third-order valence-electron chi connectivity index (χ3n) is 4.84. The van der Waals surface area contributed by atoms with Crippen LogP contribution in [0.3, 0.4) is 0 Å². The first-order chi connectivity index (χ1) is 13.8. The quantitative estimate of drug-likeness (QED) is 0.565. The molecule has 0 saturated carbocycles. The molecule has 0 spiro atoms. The summed E-state index contributed by atoms with van der Waals surface area (Å²) < 4.78 is 0. The van der Waals surface area contributed by atoms with Gasteiger partial charge < -0.3 is 10.6 Å². The first-order valence-corrected chi connectivity index (χ1v) is 10.3. The van der Waals surface area contributed by atoms with Crippen molar-refractivity contribution < 1.29 is 9.59 Å². The van der Waals surface area contributed by atoms with E-state index in [0.29, 0.717) is 17.3 Å². The molecular formula is C24H33N3O2. The largest absolute Gasteiger partial charge is 0.326 e. The van der Waals surface area contributed by atoms with Gasteiger partial charge in [0.1, 0.15) is 0 Å². The molecule has 0 saturated heterocycles. The Kier molecular flexibility index (Phi) is 8.40. The smallest absolute Gasteiger partial charge is 0.241 e. The van der Waals surface area contributed by atoms with Crippen LogP contribution in [0.1, 0.15) is 58.2 Å². The first-order valence-electron chi connectivity index (χ1n) is 10.3. The summed E-state index contributed by atoms with van der Waals surface area (Å²) in [6.45, 7) is 9.83. The molecule has 156 valence electrons.